The molecule has 0 aliphatic carbocycles. The Bertz CT molecular complexity index is 897. The van der Waals surface area contributed by atoms with Crippen molar-refractivity contribution in [2.75, 3.05) is 11.9 Å². The topological polar surface area (TPSA) is 69.3 Å². The molecule has 0 radical (unpaired) electrons. The summed E-state index contributed by atoms with van der Waals surface area (Å²) in [6.45, 7) is 2.92. The van der Waals surface area contributed by atoms with Gasteiger partial charge in [0.05, 0.1) is 18.7 Å². The van der Waals surface area contributed by atoms with Gasteiger partial charge < -0.3 is 14.5 Å². The number of aryl methyl sites for hydroxylation is 1. The van der Waals surface area contributed by atoms with Gasteiger partial charge in [-0.3, -0.25) is 4.79 Å². The molecule has 25 heavy (non-hydrogen) atoms. The van der Waals surface area contributed by atoms with Crippen LogP contribution >= 0.6 is 0 Å². The normalized spacial score (nSPS) is 16.1. The summed E-state index contributed by atoms with van der Waals surface area (Å²) in [7, 11) is 0. The second-order valence-corrected chi connectivity index (χ2v) is 6.10. The molecule has 2 aromatic heterocycles. The number of hydrogen-bond donors (Lipinski definition) is 1. The van der Waals surface area contributed by atoms with Gasteiger partial charge in [-0.2, -0.15) is 5.10 Å². The summed E-state index contributed by atoms with van der Waals surface area (Å²) in [5.41, 5.74) is 0.930. The van der Waals surface area contributed by atoms with Crippen molar-refractivity contribution in [3.63, 3.8) is 0 Å². The molecule has 1 aromatic carbocycles. The Hall–Kier alpha value is -3.02. The number of anilines is 1. The zero-order valence-corrected chi connectivity index (χ0v) is 13.9. The highest BCUT2D eigenvalue weighted by molar-refractivity contribution is 5.95. The number of rotatable bonds is 4. The number of hydrogen-bond acceptors (Lipinski definition) is 4. The summed E-state index contributed by atoms with van der Waals surface area (Å²) in [4.78, 5) is 12.8. The lowest BCUT2D eigenvalue weighted by Gasteiger charge is -2.25. The zero-order chi connectivity index (χ0) is 17.2. The van der Waals surface area contributed by atoms with Gasteiger partial charge >= 0.3 is 0 Å². The van der Waals surface area contributed by atoms with Crippen molar-refractivity contribution in [2.45, 2.75) is 25.8 Å². The van der Waals surface area contributed by atoms with Crippen LogP contribution in [0.2, 0.25) is 0 Å². The van der Waals surface area contributed by atoms with E-state index in [-0.39, 0.29) is 11.8 Å². The fraction of sp³-hybridized carbons (Fsp3) is 0.263. The van der Waals surface area contributed by atoms with E-state index < -0.39 is 0 Å². The van der Waals surface area contributed by atoms with Gasteiger partial charge in [0.15, 0.2) is 0 Å². The molecule has 1 atom stereocenters. The zero-order valence-electron chi connectivity index (χ0n) is 13.9. The first-order valence-corrected chi connectivity index (χ1v) is 8.30. The highest BCUT2D eigenvalue weighted by atomic mass is 16.5. The lowest BCUT2D eigenvalue weighted by Crippen LogP contribution is -2.27. The Balaban J connectivity index is 1.52. The first kappa shape index (κ1) is 15.5. The van der Waals surface area contributed by atoms with E-state index in [0.29, 0.717) is 25.4 Å². The molecule has 3 aromatic rings. The molecular weight excluding hydrogens is 318 g/mol. The van der Waals surface area contributed by atoms with E-state index in [0.717, 1.165) is 22.8 Å². The second-order valence-electron chi connectivity index (χ2n) is 6.10. The average Bonchev–Trinajstić information content (AvgIpc) is 3.23. The number of nitrogens with one attached hydrogen (secondary N) is 1. The van der Waals surface area contributed by atoms with Crippen LogP contribution in [0.4, 0.5) is 5.82 Å². The summed E-state index contributed by atoms with van der Waals surface area (Å²) in [6, 6.07) is 13.3. The number of amides is 1. The molecule has 0 fully saturated rings. The fourth-order valence-electron chi connectivity index (χ4n) is 3.11. The van der Waals surface area contributed by atoms with E-state index in [4.69, 9.17) is 9.15 Å². The molecule has 0 saturated carbocycles. The number of ether oxygens (including phenoxy) is 1. The Kier molecular flexibility index (Phi) is 4.01. The van der Waals surface area contributed by atoms with Crippen LogP contribution < -0.4 is 10.1 Å². The highest BCUT2D eigenvalue weighted by Gasteiger charge is 2.28. The molecule has 1 aliphatic rings. The number of nitrogens with zero attached hydrogens (tertiary/aromatic N) is 2. The van der Waals surface area contributed by atoms with E-state index >= 15 is 0 Å². The molecule has 1 aliphatic heterocycles. The Morgan fingerprint density at radius 2 is 2.16 bits per heavy atom. The van der Waals surface area contributed by atoms with E-state index in [9.17, 15) is 4.79 Å². The predicted octanol–water partition coefficient (Wildman–Crippen LogP) is 3.34. The maximum absolute atomic E-state index is 12.8. The van der Waals surface area contributed by atoms with Crippen LogP contribution in [0.3, 0.4) is 0 Å². The van der Waals surface area contributed by atoms with Crippen LogP contribution in [-0.2, 0) is 11.3 Å². The summed E-state index contributed by atoms with van der Waals surface area (Å²) in [5.74, 6) is 2.82. The number of benzene rings is 1. The third-order valence-electron chi connectivity index (χ3n) is 4.34. The van der Waals surface area contributed by atoms with E-state index in [1.54, 1.807) is 16.9 Å². The maximum Gasteiger partial charge on any atom is 0.233 e. The maximum atomic E-state index is 12.8. The van der Waals surface area contributed by atoms with Crippen LogP contribution in [0.25, 0.3) is 0 Å². The van der Waals surface area contributed by atoms with Crippen LogP contribution in [-0.4, -0.2) is 22.3 Å². The van der Waals surface area contributed by atoms with Gasteiger partial charge in [-0.25, -0.2) is 4.68 Å². The van der Waals surface area contributed by atoms with Gasteiger partial charge in [0.25, 0.3) is 0 Å². The molecule has 1 amide bonds. The van der Waals surface area contributed by atoms with Crippen molar-refractivity contribution in [1.82, 2.24) is 9.78 Å². The molecular formula is C19H19N3O3. The molecule has 128 valence electrons. The van der Waals surface area contributed by atoms with E-state index in [1.165, 1.54) is 0 Å². The van der Waals surface area contributed by atoms with Crippen LogP contribution in [0, 0.1) is 6.92 Å². The molecule has 0 saturated heterocycles. The molecule has 6 heteroatoms. The minimum absolute atomic E-state index is 0.0480. The Morgan fingerprint density at radius 3 is 3.00 bits per heavy atom. The average molecular weight is 337 g/mol. The third-order valence-corrected chi connectivity index (χ3v) is 4.34. The van der Waals surface area contributed by atoms with Crippen LogP contribution in [0.15, 0.2) is 53.1 Å². The number of furan rings is 1. The van der Waals surface area contributed by atoms with Gasteiger partial charge in [0.1, 0.15) is 29.6 Å². The lowest BCUT2D eigenvalue weighted by molar-refractivity contribution is -0.118. The van der Waals surface area contributed by atoms with Gasteiger partial charge in [-0.15, -0.1) is 0 Å². The van der Waals surface area contributed by atoms with Crippen molar-refractivity contribution in [3.05, 3.63) is 65.7 Å². The van der Waals surface area contributed by atoms with Gasteiger partial charge in [-0.05, 0) is 31.5 Å². The molecule has 0 bridgehead atoms. The van der Waals surface area contributed by atoms with Crippen molar-refractivity contribution < 1.29 is 13.9 Å². The largest absolute Gasteiger partial charge is 0.493 e. The minimum Gasteiger partial charge on any atom is -0.493 e. The SMILES string of the molecule is Cc1ccc(Cn2nccc2NC(=O)[C@@H]2CCOc3ccccc32)o1. The fourth-order valence-corrected chi connectivity index (χ4v) is 3.11. The molecule has 4 rings (SSSR count). The number of carbonyl (C=O) groups excluding carboxylic acids is 1. The summed E-state index contributed by atoms with van der Waals surface area (Å²) in [6.07, 6.45) is 2.33. The standard InChI is InChI=1S/C19H19N3O3/c1-13-6-7-14(25-13)12-22-18(8-10-20-22)21-19(23)16-9-11-24-17-5-3-2-4-15(16)17/h2-8,10,16H,9,11-12H2,1H3,(H,21,23)/t16-/m1/s1. The van der Waals surface area contributed by atoms with Crippen molar-refractivity contribution in [1.29, 1.82) is 0 Å². The van der Waals surface area contributed by atoms with E-state index in [1.807, 2.05) is 43.3 Å². The van der Waals surface area contributed by atoms with Crippen LogP contribution in [0.5, 0.6) is 5.75 Å². The van der Waals surface area contributed by atoms with Gasteiger partial charge in [-0.1, -0.05) is 18.2 Å². The second kappa shape index (κ2) is 6.47. The molecule has 1 N–H and O–H groups in total. The highest BCUT2D eigenvalue weighted by Crippen LogP contribution is 2.34. The van der Waals surface area contributed by atoms with Crippen molar-refractivity contribution in [2.24, 2.45) is 0 Å². The Morgan fingerprint density at radius 1 is 1.28 bits per heavy atom. The number of carbonyl (C=O) groups is 1. The molecule has 6 nitrogen and oxygen atoms in total. The van der Waals surface area contributed by atoms with Crippen molar-refractivity contribution in [3.8, 4) is 5.75 Å². The predicted molar refractivity (Wildman–Crippen MR) is 92.7 cm³/mol. The summed E-state index contributed by atoms with van der Waals surface area (Å²) in [5, 5.41) is 7.27. The van der Waals surface area contributed by atoms with E-state index in [2.05, 4.69) is 10.4 Å². The van der Waals surface area contributed by atoms with Crippen molar-refractivity contribution >= 4 is 11.7 Å². The first-order chi connectivity index (χ1) is 12.2. The monoisotopic (exact) mass is 337 g/mol. The smallest absolute Gasteiger partial charge is 0.233 e. The first-order valence-electron chi connectivity index (χ1n) is 8.30. The number of aromatic nitrogens is 2. The summed E-state index contributed by atoms with van der Waals surface area (Å²) < 4.78 is 12.9. The quantitative estimate of drug-likeness (QED) is 0.793. The van der Waals surface area contributed by atoms with Gasteiger partial charge in [0.2, 0.25) is 5.91 Å². The summed E-state index contributed by atoms with van der Waals surface area (Å²) >= 11 is 0. The molecule has 0 unspecified atom stereocenters. The minimum atomic E-state index is -0.223. The number of para-hydroxylation sites is 1. The lowest BCUT2D eigenvalue weighted by atomic mass is 9.92. The Labute approximate surface area is 145 Å². The molecule has 0 spiro atoms. The van der Waals surface area contributed by atoms with Crippen LogP contribution in [0.1, 0.15) is 29.4 Å². The number of fused-ring (bicyclic) bond motifs is 1. The third kappa shape index (κ3) is 3.15. The molecule has 3 heterocycles. The van der Waals surface area contributed by atoms with Gasteiger partial charge in [0, 0.05) is 11.6 Å².